The maximum Gasteiger partial charge on any atom is -0.0197 e. The molecule has 6 saturated carbocycles. The molecule has 4 bridgehead atoms. The third-order valence-electron chi connectivity index (χ3n) is 11.2. The van der Waals surface area contributed by atoms with Crippen LogP contribution < -0.4 is 0 Å². The van der Waals surface area contributed by atoms with E-state index < -0.39 is 0 Å². The molecule has 0 aromatic heterocycles. The zero-order chi connectivity index (χ0) is 16.3. The molecule has 0 saturated heterocycles. The van der Waals surface area contributed by atoms with Gasteiger partial charge in [0.2, 0.25) is 0 Å². The lowest BCUT2D eigenvalue weighted by Crippen LogP contribution is -2.41. The molecule has 0 aliphatic heterocycles. The maximum atomic E-state index is 2.65. The molecular formula is C25H36. The van der Waals surface area contributed by atoms with Crippen LogP contribution in [0.15, 0.2) is 12.2 Å². The van der Waals surface area contributed by atoms with Crippen LogP contribution in [0.25, 0.3) is 0 Å². The van der Waals surface area contributed by atoms with E-state index in [-0.39, 0.29) is 0 Å². The summed E-state index contributed by atoms with van der Waals surface area (Å²) in [6.45, 7) is 2.44. The van der Waals surface area contributed by atoms with Crippen LogP contribution in [0.5, 0.6) is 0 Å². The standard InChI is InChI=1S/C25H36/c1-13-6-7-15(8-13)18-10-16-11-19(18)25-22-12-21(23(16)25)20-9-14-4-2-3-5-17(14)24(20)22/h6-7,13-25H,2-5,8-12H2,1H3. The molecule has 0 aromatic carbocycles. The molecule has 7 aliphatic carbocycles. The van der Waals surface area contributed by atoms with Crippen LogP contribution in [0.1, 0.15) is 64.7 Å². The van der Waals surface area contributed by atoms with E-state index in [1.54, 1.807) is 51.4 Å². The number of hydrogen-bond acceptors (Lipinski definition) is 0. The Hall–Kier alpha value is -0.260. The first kappa shape index (κ1) is 14.8. The van der Waals surface area contributed by atoms with E-state index in [1.807, 2.05) is 0 Å². The van der Waals surface area contributed by atoms with Gasteiger partial charge in [-0.1, -0.05) is 38.3 Å². The molecule has 0 N–H and O–H groups in total. The average Bonchev–Trinajstić information content (AvgIpc) is 3.40. The number of fused-ring (bicyclic) bond motifs is 14. The largest absolute Gasteiger partial charge is 0.0854 e. The Morgan fingerprint density at radius 2 is 1.32 bits per heavy atom. The Labute approximate surface area is 154 Å². The minimum Gasteiger partial charge on any atom is -0.0854 e. The van der Waals surface area contributed by atoms with Gasteiger partial charge in [-0.05, 0) is 115 Å². The second kappa shape index (κ2) is 4.96. The van der Waals surface area contributed by atoms with Crippen LogP contribution in [0.3, 0.4) is 0 Å². The molecular weight excluding hydrogens is 300 g/mol. The van der Waals surface area contributed by atoms with Crippen molar-refractivity contribution in [1.82, 2.24) is 0 Å². The van der Waals surface area contributed by atoms with Crippen molar-refractivity contribution in [3.63, 3.8) is 0 Å². The third kappa shape index (κ3) is 1.76. The monoisotopic (exact) mass is 336 g/mol. The van der Waals surface area contributed by atoms with Gasteiger partial charge in [-0.2, -0.15) is 0 Å². The Bertz CT molecular complexity index is 603. The Morgan fingerprint density at radius 1 is 0.560 bits per heavy atom. The van der Waals surface area contributed by atoms with E-state index >= 15 is 0 Å². The van der Waals surface area contributed by atoms with Gasteiger partial charge in [0.1, 0.15) is 0 Å². The van der Waals surface area contributed by atoms with Gasteiger partial charge in [-0.3, -0.25) is 0 Å². The van der Waals surface area contributed by atoms with E-state index in [2.05, 4.69) is 19.1 Å². The number of rotatable bonds is 1. The van der Waals surface area contributed by atoms with Crippen molar-refractivity contribution in [1.29, 1.82) is 0 Å². The molecule has 7 aliphatic rings. The average molecular weight is 337 g/mol. The highest BCUT2D eigenvalue weighted by Gasteiger charge is 2.70. The van der Waals surface area contributed by atoms with E-state index in [4.69, 9.17) is 0 Å². The molecule has 0 amide bonds. The molecule has 0 aromatic rings. The zero-order valence-electron chi connectivity index (χ0n) is 16.0. The fraction of sp³-hybridized carbons (Fsp3) is 0.920. The Morgan fingerprint density at radius 3 is 2.20 bits per heavy atom. The van der Waals surface area contributed by atoms with Gasteiger partial charge in [0, 0.05) is 0 Å². The van der Waals surface area contributed by atoms with E-state index in [0.29, 0.717) is 0 Å². The molecule has 0 spiro atoms. The normalized spacial score (nSPS) is 66.2. The summed E-state index contributed by atoms with van der Waals surface area (Å²) in [4.78, 5) is 0. The Kier molecular flexibility index (Phi) is 2.93. The van der Waals surface area contributed by atoms with Gasteiger partial charge in [0.05, 0.1) is 0 Å². The van der Waals surface area contributed by atoms with Crippen LogP contribution in [-0.2, 0) is 0 Å². The summed E-state index contributed by atoms with van der Waals surface area (Å²) in [7, 11) is 0. The van der Waals surface area contributed by atoms with Crippen LogP contribution in [0.2, 0.25) is 0 Å². The molecule has 13 atom stereocenters. The summed E-state index contributed by atoms with van der Waals surface area (Å²) in [5.41, 5.74) is 0. The molecule has 136 valence electrons. The molecule has 0 heterocycles. The third-order valence-corrected chi connectivity index (χ3v) is 11.2. The predicted molar refractivity (Wildman–Crippen MR) is 102 cm³/mol. The van der Waals surface area contributed by atoms with Gasteiger partial charge in [0.25, 0.3) is 0 Å². The first-order valence-corrected chi connectivity index (χ1v) is 12.0. The minimum atomic E-state index is 0.863. The quantitative estimate of drug-likeness (QED) is 0.396. The second-order valence-corrected chi connectivity index (χ2v) is 11.7. The van der Waals surface area contributed by atoms with Crippen LogP contribution >= 0.6 is 0 Å². The lowest BCUT2D eigenvalue weighted by atomic mass is 9.59. The molecule has 0 nitrogen and oxygen atoms in total. The number of hydrogen-bond donors (Lipinski definition) is 0. The Balaban J connectivity index is 1.19. The SMILES string of the molecule is CC1C=CC(C2CC3CC2C2C4CC(C5CC6CCCCC6C54)C32)C1. The summed E-state index contributed by atoms with van der Waals surface area (Å²) in [5.74, 6) is 14.7. The van der Waals surface area contributed by atoms with Gasteiger partial charge < -0.3 is 0 Å². The van der Waals surface area contributed by atoms with Crippen LogP contribution in [-0.4, -0.2) is 0 Å². The molecule has 6 fully saturated rings. The van der Waals surface area contributed by atoms with Crippen LogP contribution in [0, 0.1) is 76.9 Å². The first-order valence-electron chi connectivity index (χ1n) is 12.0. The number of allylic oxidation sites excluding steroid dienone is 2. The van der Waals surface area contributed by atoms with Crippen LogP contribution in [0.4, 0.5) is 0 Å². The van der Waals surface area contributed by atoms with Crippen molar-refractivity contribution < 1.29 is 0 Å². The summed E-state index contributed by atoms with van der Waals surface area (Å²) in [6.07, 6.45) is 19.6. The molecule has 13 unspecified atom stereocenters. The molecule has 25 heavy (non-hydrogen) atoms. The molecule has 0 radical (unpaired) electrons. The first-order chi connectivity index (χ1) is 12.3. The predicted octanol–water partition coefficient (Wildman–Crippen LogP) is 6.18. The fourth-order valence-corrected chi connectivity index (χ4v) is 10.9. The highest BCUT2D eigenvalue weighted by atomic mass is 14.7. The topological polar surface area (TPSA) is 0 Å². The van der Waals surface area contributed by atoms with E-state index in [0.717, 1.165) is 29.6 Å². The van der Waals surface area contributed by atoms with Gasteiger partial charge in [0.15, 0.2) is 0 Å². The smallest absolute Gasteiger partial charge is 0.0197 e. The van der Waals surface area contributed by atoms with Crippen molar-refractivity contribution in [3.05, 3.63) is 12.2 Å². The van der Waals surface area contributed by atoms with Gasteiger partial charge >= 0.3 is 0 Å². The summed E-state index contributed by atoms with van der Waals surface area (Å²) in [6, 6.07) is 0. The minimum absolute atomic E-state index is 0.863. The lowest BCUT2D eigenvalue weighted by Gasteiger charge is -2.46. The summed E-state index contributed by atoms with van der Waals surface area (Å²) < 4.78 is 0. The summed E-state index contributed by atoms with van der Waals surface area (Å²) >= 11 is 0. The highest BCUT2D eigenvalue weighted by molar-refractivity contribution is 5.19. The van der Waals surface area contributed by atoms with E-state index in [1.165, 1.54) is 53.8 Å². The lowest BCUT2D eigenvalue weighted by molar-refractivity contribution is 0.0192. The van der Waals surface area contributed by atoms with Crippen molar-refractivity contribution in [3.8, 4) is 0 Å². The van der Waals surface area contributed by atoms with Crippen molar-refractivity contribution in [2.75, 3.05) is 0 Å². The van der Waals surface area contributed by atoms with Gasteiger partial charge in [-0.15, -0.1) is 0 Å². The highest BCUT2D eigenvalue weighted by Crippen LogP contribution is 2.76. The van der Waals surface area contributed by atoms with Crippen molar-refractivity contribution in [2.24, 2.45) is 76.9 Å². The van der Waals surface area contributed by atoms with Crippen molar-refractivity contribution >= 4 is 0 Å². The van der Waals surface area contributed by atoms with Crippen molar-refractivity contribution in [2.45, 2.75) is 64.7 Å². The fourth-order valence-electron chi connectivity index (χ4n) is 10.9. The van der Waals surface area contributed by atoms with Gasteiger partial charge in [-0.25, -0.2) is 0 Å². The summed E-state index contributed by atoms with van der Waals surface area (Å²) in [5, 5.41) is 0. The zero-order valence-corrected chi connectivity index (χ0v) is 16.0. The van der Waals surface area contributed by atoms with E-state index in [9.17, 15) is 0 Å². The maximum absolute atomic E-state index is 2.65. The molecule has 0 heteroatoms. The second-order valence-electron chi connectivity index (χ2n) is 11.7. The molecule has 7 rings (SSSR count).